The zero-order valence-electron chi connectivity index (χ0n) is 8.00. The molecule has 1 aliphatic rings. The summed E-state index contributed by atoms with van der Waals surface area (Å²) in [5, 5.41) is 3.40. The van der Waals surface area contributed by atoms with E-state index in [4.69, 9.17) is 0 Å². The summed E-state index contributed by atoms with van der Waals surface area (Å²) >= 11 is 2.35. The van der Waals surface area contributed by atoms with E-state index in [0.717, 1.165) is 5.92 Å². The van der Waals surface area contributed by atoms with E-state index in [1.807, 2.05) is 0 Å². The Morgan fingerprint density at radius 1 is 1.29 bits per heavy atom. The molecule has 1 saturated heterocycles. The molecule has 0 spiro atoms. The van der Waals surface area contributed by atoms with Gasteiger partial charge in [0.15, 0.2) is 0 Å². The second-order valence-corrected chi connectivity index (χ2v) is 4.94. The van der Waals surface area contributed by atoms with Crippen LogP contribution in [-0.2, 0) is 6.42 Å². The molecule has 1 heterocycles. The first-order valence-corrected chi connectivity index (χ1v) is 5.87. The molecule has 0 aromatic heterocycles. The van der Waals surface area contributed by atoms with E-state index in [1.54, 1.807) is 0 Å². The first-order chi connectivity index (χ1) is 6.34. The Bertz CT molecular complexity index is 267. The Labute approximate surface area is 105 Å². The molecule has 0 bridgehead atoms. The van der Waals surface area contributed by atoms with Crippen LogP contribution in [0.4, 0.5) is 0 Å². The highest BCUT2D eigenvalue weighted by Crippen LogP contribution is 2.16. The summed E-state index contributed by atoms with van der Waals surface area (Å²) in [6, 6.07) is 8.89. The van der Waals surface area contributed by atoms with E-state index in [0.29, 0.717) is 0 Å². The fourth-order valence-corrected chi connectivity index (χ4v) is 2.20. The lowest BCUT2D eigenvalue weighted by Gasteiger charge is -2.07. The first kappa shape index (κ1) is 12.3. The van der Waals surface area contributed by atoms with Gasteiger partial charge in [-0.2, -0.15) is 0 Å². The smallest absolute Gasteiger partial charge is 0.0130 e. The van der Waals surface area contributed by atoms with Crippen molar-refractivity contribution in [2.45, 2.75) is 12.8 Å². The predicted molar refractivity (Wildman–Crippen MR) is 71.1 cm³/mol. The maximum absolute atomic E-state index is 3.40. The summed E-state index contributed by atoms with van der Waals surface area (Å²) in [6.45, 7) is 2.40. The zero-order valence-corrected chi connectivity index (χ0v) is 11.0. The zero-order chi connectivity index (χ0) is 9.10. The van der Waals surface area contributed by atoms with Crippen LogP contribution in [0.5, 0.6) is 0 Å². The number of hydrogen-bond acceptors (Lipinski definition) is 1. The van der Waals surface area contributed by atoms with Crippen LogP contribution in [0, 0.1) is 9.49 Å². The third-order valence-corrected chi connectivity index (χ3v) is 3.32. The summed E-state index contributed by atoms with van der Waals surface area (Å²) in [4.78, 5) is 0. The van der Waals surface area contributed by atoms with Crippen molar-refractivity contribution in [2.24, 2.45) is 5.92 Å². The van der Waals surface area contributed by atoms with E-state index in [1.165, 1.54) is 35.1 Å². The summed E-state index contributed by atoms with van der Waals surface area (Å²) in [5.41, 5.74) is 1.48. The molecule has 1 fully saturated rings. The summed E-state index contributed by atoms with van der Waals surface area (Å²) in [5.74, 6) is 0.861. The predicted octanol–water partition coefficient (Wildman–Crippen LogP) is 2.87. The van der Waals surface area contributed by atoms with Crippen molar-refractivity contribution in [3.05, 3.63) is 33.4 Å². The minimum atomic E-state index is 0. The van der Waals surface area contributed by atoms with Crippen LogP contribution >= 0.6 is 35.0 Å². The van der Waals surface area contributed by atoms with Crippen molar-refractivity contribution in [1.29, 1.82) is 0 Å². The number of rotatable bonds is 2. The molecule has 0 amide bonds. The Balaban J connectivity index is 0.000000980. The minimum Gasteiger partial charge on any atom is -0.316 e. The minimum absolute atomic E-state index is 0. The Hall–Kier alpha value is 0.200. The fraction of sp³-hybridized carbons (Fsp3) is 0.455. The van der Waals surface area contributed by atoms with Gasteiger partial charge < -0.3 is 5.32 Å². The lowest BCUT2D eigenvalue weighted by atomic mass is 9.99. The van der Waals surface area contributed by atoms with Gasteiger partial charge in [-0.15, -0.1) is 12.4 Å². The monoisotopic (exact) mass is 323 g/mol. The van der Waals surface area contributed by atoms with Crippen LogP contribution in [0.2, 0.25) is 0 Å². The number of benzene rings is 1. The second-order valence-electron chi connectivity index (χ2n) is 3.69. The molecule has 3 heteroatoms. The van der Waals surface area contributed by atoms with Crippen LogP contribution in [0.15, 0.2) is 24.3 Å². The molecule has 1 N–H and O–H groups in total. The normalized spacial score (nSPS) is 20.5. The van der Waals surface area contributed by atoms with Crippen LogP contribution in [0.25, 0.3) is 0 Å². The fourth-order valence-electron chi connectivity index (χ4n) is 1.84. The average molecular weight is 324 g/mol. The van der Waals surface area contributed by atoms with Crippen molar-refractivity contribution in [3.8, 4) is 0 Å². The van der Waals surface area contributed by atoms with Gasteiger partial charge in [0, 0.05) is 3.57 Å². The molecule has 2 rings (SSSR count). The van der Waals surface area contributed by atoms with Crippen molar-refractivity contribution in [3.63, 3.8) is 0 Å². The molecule has 14 heavy (non-hydrogen) atoms. The van der Waals surface area contributed by atoms with Gasteiger partial charge in [-0.25, -0.2) is 0 Å². The summed E-state index contributed by atoms with van der Waals surface area (Å²) in [6.07, 6.45) is 2.58. The lowest BCUT2D eigenvalue weighted by molar-refractivity contribution is 0.580. The SMILES string of the molecule is Cl.Ic1ccc(CC2CCNC2)cc1. The molecule has 1 aromatic carbocycles. The average Bonchev–Trinajstić information content (AvgIpc) is 2.62. The third kappa shape index (κ3) is 3.41. The van der Waals surface area contributed by atoms with Crippen LogP contribution in [-0.4, -0.2) is 13.1 Å². The maximum Gasteiger partial charge on any atom is 0.0130 e. The largest absolute Gasteiger partial charge is 0.316 e. The molecule has 1 atom stereocenters. The molecule has 78 valence electrons. The van der Waals surface area contributed by atoms with Gasteiger partial charge in [0.25, 0.3) is 0 Å². The van der Waals surface area contributed by atoms with Crippen LogP contribution in [0.1, 0.15) is 12.0 Å². The molecular formula is C11H15ClIN. The molecule has 0 radical (unpaired) electrons. The molecule has 1 aliphatic heterocycles. The highest BCUT2D eigenvalue weighted by Gasteiger charge is 2.14. The molecule has 1 nitrogen and oxygen atoms in total. The Morgan fingerprint density at radius 3 is 2.57 bits per heavy atom. The van der Waals surface area contributed by atoms with E-state index in [9.17, 15) is 0 Å². The number of nitrogens with one attached hydrogen (secondary N) is 1. The van der Waals surface area contributed by atoms with E-state index in [-0.39, 0.29) is 12.4 Å². The molecule has 1 unspecified atom stereocenters. The van der Waals surface area contributed by atoms with Crippen molar-refractivity contribution < 1.29 is 0 Å². The molecular weight excluding hydrogens is 308 g/mol. The summed E-state index contributed by atoms with van der Waals surface area (Å²) < 4.78 is 1.32. The highest BCUT2D eigenvalue weighted by atomic mass is 127. The summed E-state index contributed by atoms with van der Waals surface area (Å²) in [7, 11) is 0. The number of hydrogen-bond donors (Lipinski definition) is 1. The van der Waals surface area contributed by atoms with Crippen molar-refractivity contribution in [1.82, 2.24) is 5.32 Å². The Morgan fingerprint density at radius 2 is 2.00 bits per heavy atom. The van der Waals surface area contributed by atoms with Gasteiger partial charge in [-0.3, -0.25) is 0 Å². The Kier molecular flexibility index (Phi) is 5.20. The molecule has 0 aliphatic carbocycles. The second kappa shape index (κ2) is 5.93. The van der Waals surface area contributed by atoms with Crippen molar-refractivity contribution >= 4 is 35.0 Å². The van der Waals surface area contributed by atoms with Gasteiger partial charge in [0.1, 0.15) is 0 Å². The van der Waals surface area contributed by atoms with E-state index >= 15 is 0 Å². The highest BCUT2D eigenvalue weighted by molar-refractivity contribution is 14.1. The molecule has 1 aromatic rings. The standard InChI is InChI=1S/C11H14IN.ClH/c12-11-3-1-9(2-4-11)7-10-5-6-13-8-10;/h1-4,10,13H,5-8H2;1H. The third-order valence-electron chi connectivity index (χ3n) is 2.60. The van der Waals surface area contributed by atoms with Gasteiger partial charge >= 0.3 is 0 Å². The van der Waals surface area contributed by atoms with Crippen LogP contribution in [0.3, 0.4) is 0 Å². The number of halogens is 2. The van der Waals surface area contributed by atoms with Crippen molar-refractivity contribution in [2.75, 3.05) is 13.1 Å². The van der Waals surface area contributed by atoms with Gasteiger partial charge in [0.2, 0.25) is 0 Å². The topological polar surface area (TPSA) is 12.0 Å². The van der Waals surface area contributed by atoms with E-state index in [2.05, 4.69) is 52.2 Å². The lowest BCUT2D eigenvalue weighted by Crippen LogP contribution is -2.10. The maximum atomic E-state index is 3.40. The van der Waals surface area contributed by atoms with Crippen LogP contribution < -0.4 is 5.32 Å². The van der Waals surface area contributed by atoms with E-state index < -0.39 is 0 Å². The first-order valence-electron chi connectivity index (χ1n) is 4.80. The quantitative estimate of drug-likeness (QED) is 0.825. The molecule has 0 saturated carbocycles. The van der Waals surface area contributed by atoms with Gasteiger partial charge in [-0.05, 0) is 72.1 Å². The van der Waals surface area contributed by atoms with Gasteiger partial charge in [-0.1, -0.05) is 12.1 Å². The van der Waals surface area contributed by atoms with Gasteiger partial charge in [0.05, 0.1) is 0 Å².